The van der Waals surface area contributed by atoms with Crippen LogP contribution >= 0.6 is 24.0 Å². The van der Waals surface area contributed by atoms with E-state index in [2.05, 4.69) is 61.7 Å². The minimum absolute atomic E-state index is 0. The van der Waals surface area contributed by atoms with Crippen molar-refractivity contribution in [2.45, 2.75) is 45.6 Å². The van der Waals surface area contributed by atoms with E-state index < -0.39 is 0 Å². The summed E-state index contributed by atoms with van der Waals surface area (Å²) in [5.41, 5.74) is 1.47. The van der Waals surface area contributed by atoms with E-state index in [1.165, 1.54) is 12.0 Å². The first kappa shape index (κ1) is 18.3. The van der Waals surface area contributed by atoms with Gasteiger partial charge in [0, 0.05) is 19.1 Å². The minimum Gasteiger partial charge on any atom is -0.357 e. The zero-order valence-corrected chi connectivity index (χ0v) is 15.6. The van der Waals surface area contributed by atoms with Crippen LogP contribution in [0.25, 0.3) is 0 Å². The van der Waals surface area contributed by atoms with E-state index >= 15 is 0 Å². The Bertz CT molecular complexity index is 433. The molecule has 21 heavy (non-hydrogen) atoms. The lowest BCUT2D eigenvalue weighted by Crippen LogP contribution is -2.42. The topological polar surface area (TPSA) is 36.4 Å². The summed E-state index contributed by atoms with van der Waals surface area (Å²) in [6.07, 6.45) is 2.39. The second-order valence-electron chi connectivity index (χ2n) is 5.69. The van der Waals surface area contributed by atoms with Gasteiger partial charge in [-0.05, 0) is 44.1 Å². The molecule has 1 aromatic carbocycles. The van der Waals surface area contributed by atoms with Gasteiger partial charge in [-0.1, -0.05) is 37.3 Å². The van der Waals surface area contributed by atoms with Gasteiger partial charge in [0.05, 0.1) is 0 Å². The first-order valence-electron chi connectivity index (χ1n) is 7.84. The molecular weight excluding hydrogens is 373 g/mol. The van der Waals surface area contributed by atoms with Gasteiger partial charge < -0.3 is 10.6 Å². The Morgan fingerprint density at radius 1 is 1.29 bits per heavy atom. The quantitative estimate of drug-likeness (QED) is 0.433. The average Bonchev–Trinajstić information content (AvgIpc) is 3.25. The van der Waals surface area contributed by atoms with Gasteiger partial charge >= 0.3 is 0 Å². The number of aliphatic imine (C=N–C) groups is 1. The summed E-state index contributed by atoms with van der Waals surface area (Å²) in [5.74, 6) is 2.39. The molecule has 0 radical (unpaired) electrons. The molecule has 0 amide bonds. The molecule has 2 N–H and O–H groups in total. The predicted octanol–water partition coefficient (Wildman–Crippen LogP) is 3.76. The van der Waals surface area contributed by atoms with Crippen LogP contribution in [0.1, 0.15) is 45.1 Å². The maximum absolute atomic E-state index is 4.73. The molecule has 1 aliphatic rings. The van der Waals surface area contributed by atoms with Crippen LogP contribution in [0.2, 0.25) is 0 Å². The van der Waals surface area contributed by atoms with Gasteiger partial charge in [-0.15, -0.1) is 24.0 Å². The molecule has 0 heterocycles. The number of hydrogen-bond donors (Lipinski definition) is 2. The lowest BCUT2D eigenvalue weighted by atomic mass is 10.1. The van der Waals surface area contributed by atoms with Crippen molar-refractivity contribution in [3.63, 3.8) is 0 Å². The molecule has 3 nitrogen and oxygen atoms in total. The maximum atomic E-state index is 4.73. The number of nitrogens with zero attached hydrogens (tertiary/aromatic N) is 1. The Balaban J connectivity index is 0.00000220. The zero-order chi connectivity index (χ0) is 14.4. The van der Waals surface area contributed by atoms with Crippen LogP contribution in [0.5, 0.6) is 0 Å². The molecule has 3 atom stereocenters. The van der Waals surface area contributed by atoms with Gasteiger partial charge in [0.25, 0.3) is 0 Å². The fourth-order valence-corrected chi connectivity index (χ4v) is 2.42. The first-order chi connectivity index (χ1) is 9.74. The van der Waals surface area contributed by atoms with E-state index in [1.54, 1.807) is 0 Å². The highest BCUT2D eigenvalue weighted by Crippen LogP contribution is 2.47. The molecule has 0 saturated heterocycles. The summed E-state index contributed by atoms with van der Waals surface area (Å²) in [5, 5.41) is 6.77. The van der Waals surface area contributed by atoms with Gasteiger partial charge in [-0.2, -0.15) is 0 Å². The fraction of sp³-hybridized carbons (Fsp3) is 0.588. The molecule has 1 aliphatic carbocycles. The maximum Gasteiger partial charge on any atom is 0.191 e. The Hall–Kier alpha value is -0.780. The van der Waals surface area contributed by atoms with Crippen LogP contribution < -0.4 is 10.6 Å². The van der Waals surface area contributed by atoms with Crippen LogP contribution in [0.15, 0.2) is 35.3 Å². The van der Waals surface area contributed by atoms with Gasteiger partial charge in [0.2, 0.25) is 0 Å². The minimum atomic E-state index is 0. The second kappa shape index (κ2) is 9.28. The highest BCUT2D eigenvalue weighted by Gasteiger charge is 2.37. The van der Waals surface area contributed by atoms with E-state index in [0.717, 1.165) is 25.5 Å². The zero-order valence-electron chi connectivity index (χ0n) is 13.3. The molecule has 1 fully saturated rings. The molecule has 0 aromatic heterocycles. The third-order valence-corrected chi connectivity index (χ3v) is 3.97. The lowest BCUT2D eigenvalue weighted by Gasteiger charge is -2.16. The smallest absolute Gasteiger partial charge is 0.191 e. The number of guanidine groups is 1. The van der Waals surface area contributed by atoms with Crippen molar-refractivity contribution in [2.24, 2.45) is 10.9 Å². The van der Waals surface area contributed by atoms with E-state index in [0.29, 0.717) is 17.9 Å². The second-order valence-corrected chi connectivity index (χ2v) is 5.69. The third kappa shape index (κ3) is 5.85. The Labute approximate surface area is 146 Å². The molecule has 0 spiro atoms. The Kier molecular flexibility index (Phi) is 8.07. The standard InChI is InChI=1S/C17H27N3.HI/c1-4-13(3)20-17(18-5-2)19-12-15-11-16(15)14-9-7-6-8-10-14;/h6-10,13,15-16H,4-5,11-12H2,1-3H3,(H2,18,19,20);1H. The predicted molar refractivity (Wildman–Crippen MR) is 102 cm³/mol. The molecule has 3 unspecified atom stereocenters. The van der Waals surface area contributed by atoms with Gasteiger partial charge in [0.15, 0.2) is 5.96 Å². The van der Waals surface area contributed by atoms with Crippen molar-refractivity contribution in [1.29, 1.82) is 0 Å². The first-order valence-corrected chi connectivity index (χ1v) is 7.84. The molecular formula is C17H28IN3. The number of hydrogen-bond acceptors (Lipinski definition) is 1. The van der Waals surface area contributed by atoms with E-state index in [9.17, 15) is 0 Å². The largest absolute Gasteiger partial charge is 0.357 e. The summed E-state index contributed by atoms with van der Waals surface area (Å²) >= 11 is 0. The van der Waals surface area contributed by atoms with Crippen molar-refractivity contribution in [3.8, 4) is 0 Å². The molecule has 118 valence electrons. The summed E-state index contributed by atoms with van der Waals surface area (Å²) in [6.45, 7) is 8.32. The summed E-state index contributed by atoms with van der Waals surface area (Å²) in [7, 11) is 0. The van der Waals surface area contributed by atoms with Crippen LogP contribution in [-0.2, 0) is 0 Å². The molecule has 1 aromatic rings. The van der Waals surface area contributed by atoms with Gasteiger partial charge in [0.1, 0.15) is 0 Å². The molecule has 4 heteroatoms. The summed E-state index contributed by atoms with van der Waals surface area (Å²) < 4.78 is 0. The Morgan fingerprint density at radius 3 is 2.62 bits per heavy atom. The summed E-state index contributed by atoms with van der Waals surface area (Å²) in [6, 6.07) is 11.3. The monoisotopic (exact) mass is 401 g/mol. The normalized spacial score (nSPS) is 22.1. The highest BCUT2D eigenvalue weighted by molar-refractivity contribution is 14.0. The number of benzene rings is 1. The van der Waals surface area contributed by atoms with Crippen LogP contribution in [0, 0.1) is 5.92 Å². The molecule has 0 aliphatic heterocycles. The molecule has 1 saturated carbocycles. The lowest BCUT2D eigenvalue weighted by molar-refractivity contribution is 0.622. The van der Waals surface area contributed by atoms with Crippen LogP contribution in [0.3, 0.4) is 0 Å². The summed E-state index contributed by atoms with van der Waals surface area (Å²) in [4.78, 5) is 4.73. The number of nitrogens with one attached hydrogen (secondary N) is 2. The van der Waals surface area contributed by atoms with Crippen molar-refractivity contribution in [2.75, 3.05) is 13.1 Å². The fourth-order valence-electron chi connectivity index (χ4n) is 2.42. The average molecular weight is 401 g/mol. The number of halogens is 1. The van der Waals surface area contributed by atoms with E-state index in [4.69, 9.17) is 4.99 Å². The number of rotatable bonds is 6. The van der Waals surface area contributed by atoms with E-state index in [-0.39, 0.29) is 24.0 Å². The van der Waals surface area contributed by atoms with Crippen LogP contribution in [0.4, 0.5) is 0 Å². The van der Waals surface area contributed by atoms with Gasteiger partial charge in [-0.3, -0.25) is 4.99 Å². The van der Waals surface area contributed by atoms with Crippen molar-refractivity contribution < 1.29 is 0 Å². The third-order valence-electron chi connectivity index (χ3n) is 3.97. The van der Waals surface area contributed by atoms with Crippen molar-refractivity contribution in [1.82, 2.24) is 10.6 Å². The van der Waals surface area contributed by atoms with Crippen LogP contribution in [-0.4, -0.2) is 25.1 Å². The van der Waals surface area contributed by atoms with E-state index in [1.807, 2.05) is 0 Å². The Morgan fingerprint density at radius 2 is 2.00 bits per heavy atom. The molecule has 2 rings (SSSR count). The van der Waals surface area contributed by atoms with Gasteiger partial charge in [-0.25, -0.2) is 0 Å². The highest BCUT2D eigenvalue weighted by atomic mass is 127. The molecule has 0 bridgehead atoms. The SMILES string of the molecule is CCNC(=NCC1CC1c1ccccc1)NC(C)CC.I. The van der Waals surface area contributed by atoms with Crippen molar-refractivity contribution >= 4 is 29.9 Å². The van der Waals surface area contributed by atoms with Crippen molar-refractivity contribution in [3.05, 3.63) is 35.9 Å².